The van der Waals surface area contributed by atoms with Crippen LogP contribution in [0.2, 0.25) is 0 Å². The molecule has 0 unspecified atom stereocenters. The van der Waals surface area contributed by atoms with Crippen LogP contribution in [0.3, 0.4) is 0 Å². The number of nitrogens with zero attached hydrogens (tertiary/aromatic N) is 2. The first-order valence-electron chi connectivity index (χ1n) is 9.55. The molecule has 1 fully saturated rings. The Morgan fingerprint density at radius 1 is 1.00 bits per heavy atom. The molecule has 0 bridgehead atoms. The quantitative estimate of drug-likeness (QED) is 0.749. The first-order valence-corrected chi connectivity index (χ1v) is 9.96. The number of thiocarbonyl (C=S) groups is 1. The number of nitrogens with one attached hydrogen (secondary N) is 1. The van der Waals surface area contributed by atoms with Gasteiger partial charge in [0.2, 0.25) is 6.79 Å². The standard InChI is InChI=1S/C21H25N3O4S/c1-25-16-4-5-17(19(12-16)26-2)22-21(29)24-9-7-23(8-10-24)13-15-3-6-18-20(11-15)28-14-27-18/h3-6,11-12H,7-10,13-14H2,1-2H3,(H,22,29). The van der Waals surface area contributed by atoms with Crippen molar-refractivity contribution in [2.24, 2.45) is 0 Å². The molecule has 0 amide bonds. The third kappa shape index (κ3) is 4.49. The molecule has 1 N–H and O–H groups in total. The SMILES string of the molecule is COc1ccc(NC(=S)N2CCN(Cc3ccc4c(c3)OCO4)CC2)c(OC)c1. The minimum Gasteiger partial charge on any atom is -0.497 e. The molecule has 0 aliphatic carbocycles. The smallest absolute Gasteiger partial charge is 0.231 e. The lowest BCUT2D eigenvalue weighted by molar-refractivity contribution is 0.173. The summed E-state index contributed by atoms with van der Waals surface area (Å²) in [5.41, 5.74) is 2.06. The van der Waals surface area contributed by atoms with Crippen molar-refractivity contribution in [1.82, 2.24) is 9.80 Å². The third-order valence-corrected chi connectivity index (χ3v) is 5.51. The Balaban J connectivity index is 1.31. The van der Waals surface area contributed by atoms with Crippen molar-refractivity contribution < 1.29 is 18.9 Å². The van der Waals surface area contributed by atoms with Gasteiger partial charge in [0.05, 0.1) is 19.9 Å². The molecule has 2 heterocycles. The second-order valence-electron chi connectivity index (χ2n) is 6.95. The minimum atomic E-state index is 0.306. The van der Waals surface area contributed by atoms with Crippen molar-refractivity contribution in [3.8, 4) is 23.0 Å². The highest BCUT2D eigenvalue weighted by atomic mass is 32.1. The number of methoxy groups -OCH3 is 2. The van der Waals surface area contributed by atoms with Crippen molar-refractivity contribution in [3.05, 3.63) is 42.0 Å². The van der Waals surface area contributed by atoms with Gasteiger partial charge >= 0.3 is 0 Å². The summed E-state index contributed by atoms with van der Waals surface area (Å²) < 4.78 is 21.5. The first kappa shape index (κ1) is 19.6. The van der Waals surface area contributed by atoms with E-state index in [4.69, 9.17) is 31.2 Å². The largest absolute Gasteiger partial charge is 0.497 e. The van der Waals surface area contributed by atoms with Crippen molar-refractivity contribution >= 4 is 23.0 Å². The van der Waals surface area contributed by atoms with Crippen LogP contribution in [-0.4, -0.2) is 62.1 Å². The van der Waals surface area contributed by atoms with Gasteiger partial charge < -0.3 is 29.2 Å². The molecule has 1 saturated heterocycles. The Hall–Kier alpha value is -2.71. The summed E-state index contributed by atoms with van der Waals surface area (Å²) in [5, 5.41) is 4.01. The average molecular weight is 416 g/mol. The van der Waals surface area contributed by atoms with E-state index in [2.05, 4.69) is 27.2 Å². The fourth-order valence-corrected chi connectivity index (χ4v) is 3.80. The molecule has 0 aromatic heterocycles. The summed E-state index contributed by atoms with van der Waals surface area (Å²) in [7, 11) is 3.27. The molecule has 0 radical (unpaired) electrons. The Morgan fingerprint density at radius 2 is 1.79 bits per heavy atom. The van der Waals surface area contributed by atoms with E-state index < -0.39 is 0 Å². The molecule has 0 saturated carbocycles. The maximum atomic E-state index is 5.63. The third-order valence-electron chi connectivity index (χ3n) is 5.15. The number of benzene rings is 2. The van der Waals surface area contributed by atoms with Crippen LogP contribution in [0.1, 0.15) is 5.56 Å². The van der Waals surface area contributed by atoms with E-state index >= 15 is 0 Å². The van der Waals surface area contributed by atoms with Gasteiger partial charge in [-0.15, -0.1) is 0 Å². The van der Waals surface area contributed by atoms with E-state index in [1.807, 2.05) is 24.3 Å². The molecule has 8 heteroatoms. The van der Waals surface area contributed by atoms with E-state index in [0.29, 0.717) is 17.7 Å². The highest BCUT2D eigenvalue weighted by Gasteiger charge is 2.21. The number of hydrogen-bond donors (Lipinski definition) is 1. The number of anilines is 1. The van der Waals surface area contributed by atoms with Gasteiger partial charge in [0.25, 0.3) is 0 Å². The maximum absolute atomic E-state index is 5.63. The monoisotopic (exact) mass is 415 g/mol. The van der Waals surface area contributed by atoms with Crippen LogP contribution in [0, 0.1) is 0 Å². The summed E-state index contributed by atoms with van der Waals surface area (Å²) in [4.78, 5) is 4.61. The predicted octanol–water partition coefficient (Wildman–Crippen LogP) is 2.95. The topological polar surface area (TPSA) is 55.4 Å². The van der Waals surface area contributed by atoms with Crippen LogP contribution in [0.15, 0.2) is 36.4 Å². The molecule has 29 heavy (non-hydrogen) atoms. The number of piperazine rings is 1. The van der Waals surface area contributed by atoms with Crippen LogP contribution in [0.5, 0.6) is 23.0 Å². The molecule has 2 aromatic rings. The van der Waals surface area contributed by atoms with Gasteiger partial charge in [0.1, 0.15) is 11.5 Å². The predicted molar refractivity (Wildman–Crippen MR) is 115 cm³/mol. The van der Waals surface area contributed by atoms with Crippen LogP contribution in [0.4, 0.5) is 5.69 Å². The molecule has 7 nitrogen and oxygen atoms in total. The van der Waals surface area contributed by atoms with E-state index in [1.165, 1.54) is 5.56 Å². The van der Waals surface area contributed by atoms with Crippen LogP contribution in [-0.2, 0) is 6.54 Å². The normalized spacial score (nSPS) is 15.9. The Morgan fingerprint density at radius 3 is 2.55 bits per heavy atom. The molecular weight excluding hydrogens is 390 g/mol. The second-order valence-corrected chi connectivity index (χ2v) is 7.33. The second kappa shape index (κ2) is 8.75. The average Bonchev–Trinajstić information content (AvgIpc) is 3.22. The van der Waals surface area contributed by atoms with Crippen molar-refractivity contribution in [1.29, 1.82) is 0 Å². The number of rotatable bonds is 5. The van der Waals surface area contributed by atoms with Crippen LogP contribution < -0.4 is 24.3 Å². The molecule has 0 atom stereocenters. The Bertz CT molecular complexity index is 884. The zero-order valence-corrected chi connectivity index (χ0v) is 17.5. The highest BCUT2D eigenvalue weighted by Crippen LogP contribution is 2.33. The zero-order chi connectivity index (χ0) is 20.2. The first-order chi connectivity index (χ1) is 14.2. The zero-order valence-electron chi connectivity index (χ0n) is 16.6. The van der Waals surface area contributed by atoms with E-state index in [1.54, 1.807) is 14.2 Å². The van der Waals surface area contributed by atoms with Gasteiger partial charge in [-0.05, 0) is 42.0 Å². The maximum Gasteiger partial charge on any atom is 0.231 e. The lowest BCUT2D eigenvalue weighted by Gasteiger charge is -2.36. The van der Waals surface area contributed by atoms with Crippen molar-refractivity contribution in [2.45, 2.75) is 6.54 Å². The van der Waals surface area contributed by atoms with E-state index in [-0.39, 0.29) is 0 Å². The summed E-state index contributed by atoms with van der Waals surface area (Å²) >= 11 is 5.63. The minimum absolute atomic E-state index is 0.306. The summed E-state index contributed by atoms with van der Waals surface area (Å²) in [5.74, 6) is 3.10. The van der Waals surface area contributed by atoms with E-state index in [9.17, 15) is 0 Å². The van der Waals surface area contributed by atoms with Gasteiger partial charge in [0, 0.05) is 38.8 Å². The molecule has 4 rings (SSSR count). The summed E-state index contributed by atoms with van der Waals surface area (Å²) in [6, 6.07) is 11.8. The Labute approximate surface area is 176 Å². The number of ether oxygens (including phenoxy) is 4. The van der Waals surface area contributed by atoms with Gasteiger partial charge in [-0.1, -0.05) is 6.07 Å². The lowest BCUT2D eigenvalue weighted by atomic mass is 10.1. The molecule has 0 spiro atoms. The molecule has 2 aliphatic rings. The molecule has 154 valence electrons. The molecular formula is C21H25N3O4S. The van der Waals surface area contributed by atoms with E-state index in [0.717, 1.165) is 55.7 Å². The van der Waals surface area contributed by atoms with Crippen LogP contribution in [0.25, 0.3) is 0 Å². The van der Waals surface area contributed by atoms with Gasteiger partial charge in [-0.25, -0.2) is 0 Å². The van der Waals surface area contributed by atoms with Crippen LogP contribution >= 0.6 is 12.2 Å². The van der Waals surface area contributed by atoms with Gasteiger partial charge in [-0.3, -0.25) is 4.90 Å². The van der Waals surface area contributed by atoms with Gasteiger partial charge in [-0.2, -0.15) is 0 Å². The molecule has 2 aliphatic heterocycles. The fourth-order valence-electron chi connectivity index (χ4n) is 3.50. The van der Waals surface area contributed by atoms with Crippen molar-refractivity contribution in [3.63, 3.8) is 0 Å². The lowest BCUT2D eigenvalue weighted by Crippen LogP contribution is -2.49. The highest BCUT2D eigenvalue weighted by molar-refractivity contribution is 7.80. The number of fused-ring (bicyclic) bond motifs is 1. The number of hydrogen-bond acceptors (Lipinski definition) is 6. The van der Waals surface area contributed by atoms with Gasteiger partial charge in [0.15, 0.2) is 16.6 Å². The fraction of sp³-hybridized carbons (Fsp3) is 0.381. The van der Waals surface area contributed by atoms with Crippen molar-refractivity contribution in [2.75, 3.05) is 52.5 Å². The molecule has 2 aromatic carbocycles. The Kier molecular flexibility index (Phi) is 5.92. The summed E-state index contributed by atoms with van der Waals surface area (Å²) in [6.45, 7) is 4.81. The summed E-state index contributed by atoms with van der Waals surface area (Å²) in [6.07, 6.45) is 0.